The van der Waals surface area contributed by atoms with Gasteiger partial charge in [0.25, 0.3) is 0 Å². The average Bonchev–Trinajstić information content (AvgIpc) is 3.45. The quantitative estimate of drug-likeness (QED) is 0.280. The van der Waals surface area contributed by atoms with E-state index in [0.717, 1.165) is 21.5 Å². The molecule has 8 nitrogen and oxygen atoms in total. The smallest absolute Gasteiger partial charge is 0.439 e. The van der Waals surface area contributed by atoms with Crippen molar-refractivity contribution in [3.8, 4) is 34.3 Å². The second-order valence-electron chi connectivity index (χ2n) is 9.05. The van der Waals surface area contributed by atoms with Gasteiger partial charge >= 0.3 is 5.76 Å². The normalized spacial score (nSPS) is 14.6. The fraction of sp³-hybridized carbons (Fsp3) is 0.192. The van der Waals surface area contributed by atoms with Gasteiger partial charge in [0.15, 0.2) is 24.0 Å². The van der Waals surface area contributed by atoms with E-state index in [0.29, 0.717) is 35.2 Å². The molecule has 2 aromatic carbocycles. The van der Waals surface area contributed by atoms with Crippen molar-refractivity contribution >= 4 is 23.4 Å². The Labute approximate surface area is 213 Å². The first-order valence-electron chi connectivity index (χ1n) is 11.5. The molecular weight excluding hydrogens is 502 g/mol. The molecule has 0 bridgehead atoms. The number of benzene rings is 2. The molecular formula is C26H20F2N4O4S. The fourth-order valence-electron chi connectivity index (χ4n) is 4.53. The second kappa shape index (κ2) is 8.86. The van der Waals surface area contributed by atoms with Gasteiger partial charge in [-0.15, -0.1) is 3.89 Å². The topological polar surface area (TPSA) is 106 Å². The average molecular weight is 523 g/mol. The van der Waals surface area contributed by atoms with Crippen molar-refractivity contribution in [2.24, 2.45) is 0 Å². The van der Waals surface area contributed by atoms with Gasteiger partial charge in [-0.1, -0.05) is 35.5 Å². The number of aromatic amines is 1. The minimum absolute atomic E-state index is 0.0950. The summed E-state index contributed by atoms with van der Waals surface area (Å²) in [5.74, 6) is -0.634. The molecule has 3 aromatic heterocycles. The Kier molecular flexibility index (Phi) is 5.61. The minimum Gasteiger partial charge on any atom is -0.440 e. The molecule has 0 radical (unpaired) electrons. The van der Waals surface area contributed by atoms with Crippen LogP contribution in [0.15, 0.2) is 63.9 Å². The number of aryl methyl sites for hydroxylation is 1. The molecule has 0 amide bonds. The van der Waals surface area contributed by atoms with Gasteiger partial charge < -0.3 is 9.84 Å². The third kappa shape index (κ3) is 4.09. The number of halogens is 2. The summed E-state index contributed by atoms with van der Waals surface area (Å²) in [4.78, 5) is 18.3. The highest BCUT2D eigenvalue weighted by Gasteiger charge is 2.36. The molecule has 0 spiro atoms. The molecule has 3 heterocycles. The summed E-state index contributed by atoms with van der Waals surface area (Å²) in [5.41, 5.74) is 2.56. The highest BCUT2D eigenvalue weighted by molar-refractivity contribution is 7.93. The highest BCUT2D eigenvalue weighted by atomic mass is 32.2. The van der Waals surface area contributed by atoms with E-state index in [1.807, 2.05) is 6.92 Å². The molecule has 1 saturated carbocycles. The zero-order chi connectivity index (χ0) is 25.7. The lowest BCUT2D eigenvalue weighted by molar-refractivity contribution is -0.0387. The van der Waals surface area contributed by atoms with Crippen LogP contribution in [-0.2, 0) is 5.60 Å². The number of pyridine rings is 1. The van der Waals surface area contributed by atoms with E-state index >= 15 is 4.39 Å². The van der Waals surface area contributed by atoms with Gasteiger partial charge in [-0.2, -0.15) is 0 Å². The van der Waals surface area contributed by atoms with Crippen LogP contribution >= 0.6 is 12.3 Å². The van der Waals surface area contributed by atoms with Gasteiger partial charge in [0.05, 0.1) is 16.6 Å². The van der Waals surface area contributed by atoms with Crippen LogP contribution in [0.3, 0.4) is 0 Å². The first-order chi connectivity index (χ1) is 17.8. The van der Waals surface area contributed by atoms with Crippen LogP contribution in [-0.4, -0.2) is 24.2 Å². The number of nitrogens with zero attached hydrogens (tertiary/aromatic N) is 3. The van der Waals surface area contributed by atoms with Crippen LogP contribution in [0.1, 0.15) is 30.4 Å². The molecule has 0 saturated heterocycles. The molecule has 6 rings (SSSR count). The molecule has 0 aliphatic heterocycles. The minimum atomic E-state index is -0.810. The maximum absolute atomic E-state index is 15.1. The third-order valence-electron chi connectivity index (χ3n) is 6.74. The lowest BCUT2D eigenvalue weighted by Crippen LogP contribution is -2.33. The molecule has 37 heavy (non-hydrogen) atoms. The van der Waals surface area contributed by atoms with Crippen molar-refractivity contribution in [1.82, 2.24) is 19.1 Å². The second-order valence-corrected chi connectivity index (χ2v) is 9.56. The maximum Gasteiger partial charge on any atom is 0.439 e. The summed E-state index contributed by atoms with van der Waals surface area (Å²) >= 11 is -0.136. The predicted molar refractivity (Wildman–Crippen MR) is 134 cm³/mol. The van der Waals surface area contributed by atoms with Crippen molar-refractivity contribution < 1.29 is 22.6 Å². The van der Waals surface area contributed by atoms with Crippen LogP contribution in [0.2, 0.25) is 0 Å². The van der Waals surface area contributed by atoms with E-state index in [4.69, 9.17) is 4.74 Å². The highest BCUT2D eigenvalue weighted by Crippen LogP contribution is 2.42. The summed E-state index contributed by atoms with van der Waals surface area (Å²) in [7, 11) is 0. The number of nitrogens with one attached hydrogen (secondary N) is 1. The van der Waals surface area contributed by atoms with Crippen molar-refractivity contribution in [2.75, 3.05) is 0 Å². The van der Waals surface area contributed by atoms with Gasteiger partial charge in [0.2, 0.25) is 5.88 Å². The predicted octanol–water partition coefficient (Wildman–Crippen LogP) is 6.04. The number of H-pyrrole nitrogens is 1. The van der Waals surface area contributed by atoms with Crippen LogP contribution in [0.5, 0.6) is 11.6 Å². The molecule has 1 fully saturated rings. The van der Waals surface area contributed by atoms with E-state index in [1.165, 1.54) is 12.1 Å². The van der Waals surface area contributed by atoms with Crippen molar-refractivity contribution in [3.63, 3.8) is 0 Å². The van der Waals surface area contributed by atoms with Crippen LogP contribution in [0, 0.1) is 12.7 Å². The van der Waals surface area contributed by atoms with E-state index in [2.05, 4.69) is 19.6 Å². The monoisotopic (exact) mass is 522 g/mol. The third-order valence-corrected chi connectivity index (χ3v) is 7.25. The number of aromatic nitrogens is 4. The molecule has 1 aliphatic carbocycles. The Morgan fingerprint density at radius 1 is 1.16 bits per heavy atom. The largest absolute Gasteiger partial charge is 0.440 e. The number of aliphatic hydroxyl groups is 1. The van der Waals surface area contributed by atoms with E-state index in [9.17, 15) is 13.8 Å². The van der Waals surface area contributed by atoms with Gasteiger partial charge in [0.1, 0.15) is 11.4 Å². The van der Waals surface area contributed by atoms with Gasteiger partial charge in [-0.05, 0) is 49.4 Å². The van der Waals surface area contributed by atoms with Gasteiger partial charge in [-0.3, -0.25) is 9.51 Å². The summed E-state index contributed by atoms with van der Waals surface area (Å²) in [5, 5.41) is 14.3. The summed E-state index contributed by atoms with van der Waals surface area (Å²) in [6, 6.07) is 14.8. The lowest BCUT2D eigenvalue weighted by Gasteiger charge is -2.37. The zero-order valence-corrected chi connectivity index (χ0v) is 20.3. The Morgan fingerprint density at radius 2 is 1.95 bits per heavy atom. The number of fused-ring (bicyclic) bond motifs is 1. The fourth-order valence-corrected chi connectivity index (χ4v) is 4.90. The van der Waals surface area contributed by atoms with Crippen molar-refractivity contribution in [1.29, 1.82) is 0 Å². The number of ether oxygens (including phenoxy) is 1. The van der Waals surface area contributed by atoms with Crippen LogP contribution in [0.4, 0.5) is 8.28 Å². The summed E-state index contributed by atoms with van der Waals surface area (Å²) < 4.78 is 40.7. The first kappa shape index (κ1) is 23.4. The number of hydrogen-bond acceptors (Lipinski definition) is 7. The maximum atomic E-state index is 15.1. The molecule has 1 aliphatic rings. The van der Waals surface area contributed by atoms with Crippen molar-refractivity contribution in [2.45, 2.75) is 31.8 Å². The molecule has 0 unspecified atom stereocenters. The standard InChI is InChI=1S/C26H20F2N4O4S/c1-14-3-8-17(11-18(14)24-30-25(33)36-31-24)35-22-13-20-21(32(22)37-28)12-19(27)23(29-20)15-4-6-16(7-5-15)26(34)9-2-10-26/h3-8,11-13,34H,2,9-10H2,1H3,(H,30,31,33). The molecule has 2 N–H and O–H groups in total. The van der Waals surface area contributed by atoms with E-state index in [1.54, 1.807) is 42.5 Å². The number of rotatable bonds is 6. The van der Waals surface area contributed by atoms with Crippen molar-refractivity contribution in [3.05, 3.63) is 82.1 Å². The van der Waals surface area contributed by atoms with Gasteiger partial charge in [-0.25, -0.2) is 18.1 Å². The molecule has 188 valence electrons. The Hall–Kier alpha value is -3.96. The van der Waals surface area contributed by atoms with E-state index in [-0.39, 0.29) is 35.2 Å². The van der Waals surface area contributed by atoms with Crippen LogP contribution < -0.4 is 10.5 Å². The lowest BCUT2D eigenvalue weighted by atomic mass is 9.75. The number of hydrogen-bond donors (Lipinski definition) is 2. The Balaban J connectivity index is 1.35. The van der Waals surface area contributed by atoms with E-state index < -0.39 is 17.2 Å². The molecule has 5 aromatic rings. The summed E-state index contributed by atoms with van der Waals surface area (Å²) in [6.07, 6.45) is 2.39. The van der Waals surface area contributed by atoms with Crippen LogP contribution in [0.25, 0.3) is 33.7 Å². The summed E-state index contributed by atoms with van der Waals surface area (Å²) in [6.45, 7) is 1.83. The zero-order valence-electron chi connectivity index (χ0n) is 19.5. The van der Waals surface area contributed by atoms with Gasteiger partial charge in [0, 0.05) is 23.3 Å². The molecule has 0 atom stereocenters. The first-order valence-corrected chi connectivity index (χ1v) is 12.2. The Morgan fingerprint density at radius 3 is 2.59 bits per heavy atom. The molecule has 11 heteroatoms. The SMILES string of the molecule is Cc1ccc(Oc2cc3nc(-c4ccc(C5(O)CCC5)cc4)c(F)cc3n2SF)cc1-c1noc(=O)[nH]1. The Bertz CT molecular complexity index is 1690.